The van der Waals surface area contributed by atoms with Crippen LogP contribution in [0.3, 0.4) is 0 Å². The Morgan fingerprint density at radius 2 is 1.86 bits per heavy atom. The van der Waals surface area contributed by atoms with E-state index in [0.717, 1.165) is 36.4 Å². The highest BCUT2D eigenvalue weighted by molar-refractivity contribution is 7.24. The van der Waals surface area contributed by atoms with Crippen LogP contribution in [0.25, 0.3) is 20.4 Å². The maximum atomic E-state index is 6.16. The standard InChI is InChI=1S/C15H10ClN3OS2/c1-20-8-5-6-11-10(7-8)17-14(21-11)19-15-18-13-9(16)3-2-4-12(13)22-15/h2-7H,1H3,(H,17,18,19). The zero-order chi connectivity index (χ0) is 15.1. The van der Waals surface area contributed by atoms with Gasteiger partial charge in [-0.25, -0.2) is 9.97 Å². The Labute approximate surface area is 139 Å². The van der Waals surface area contributed by atoms with Gasteiger partial charge in [0.2, 0.25) is 0 Å². The molecule has 0 saturated carbocycles. The molecule has 4 aromatic rings. The first-order chi connectivity index (χ1) is 10.7. The van der Waals surface area contributed by atoms with Crippen LogP contribution in [-0.4, -0.2) is 17.1 Å². The largest absolute Gasteiger partial charge is 0.497 e. The van der Waals surface area contributed by atoms with Gasteiger partial charge in [-0.15, -0.1) is 0 Å². The van der Waals surface area contributed by atoms with Crippen molar-refractivity contribution in [3.8, 4) is 5.75 Å². The molecule has 22 heavy (non-hydrogen) atoms. The number of methoxy groups -OCH3 is 1. The summed E-state index contributed by atoms with van der Waals surface area (Å²) in [6.45, 7) is 0. The van der Waals surface area contributed by atoms with Crippen LogP contribution >= 0.6 is 34.3 Å². The third-order valence-electron chi connectivity index (χ3n) is 3.18. The van der Waals surface area contributed by atoms with E-state index in [-0.39, 0.29) is 0 Å². The SMILES string of the molecule is COc1ccc2sc(Nc3nc4c(Cl)cccc4s3)nc2c1. The van der Waals surface area contributed by atoms with Gasteiger partial charge in [0.15, 0.2) is 10.3 Å². The molecular weight excluding hydrogens is 338 g/mol. The van der Waals surface area contributed by atoms with Gasteiger partial charge < -0.3 is 10.1 Å². The minimum absolute atomic E-state index is 0.663. The van der Waals surface area contributed by atoms with E-state index >= 15 is 0 Å². The number of nitrogens with one attached hydrogen (secondary N) is 1. The van der Waals surface area contributed by atoms with Gasteiger partial charge in [-0.1, -0.05) is 40.3 Å². The predicted octanol–water partition coefficient (Wildman–Crippen LogP) is 5.31. The van der Waals surface area contributed by atoms with E-state index in [0.29, 0.717) is 5.02 Å². The second-order valence-electron chi connectivity index (χ2n) is 4.58. The second kappa shape index (κ2) is 5.39. The number of hydrogen-bond donors (Lipinski definition) is 1. The summed E-state index contributed by atoms with van der Waals surface area (Å²) in [7, 11) is 1.65. The van der Waals surface area contributed by atoms with Crippen molar-refractivity contribution in [2.24, 2.45) is 0 Å². The van der Waals surface area contributed by atoms with Crippen molar-refractivity contribution in [1.82, 2.24) is 9.97 Å². The quantitative estimate of drug-likeness (QED) is 0.545. The molecule has 7 heteroatoms. The number of aromatic nitrogens is 2. The summed E-state index contributed by atoms with van der Waals surface area (Å²) in [5.74, 6) is 0.802. The maximum absolute atomic E-state index is 6.16. The number of nitrogens with zero attached hydrogens (tertiary/aromatic N) is 2. The fraction of sp³-hybridized carbons (Fsp3) is 0.0667. The highest BCUT2D eigenvalue weighted by Crippen LogP contribution is 2.35. The van der Waals surface area contributed by atoms with Crippen molar-refractivity contribution < 1.29 is 4.74 Å². The Balaban J connectivity index is 1.70. The maximum Gasteiger partial charge on any atom is 0.190 e. The van der Waals surface area contributed by atoms with E-state index < -0.39 is 0 Å². The average Bonchev–Trinajstić information content (AvgIpc) is 3.10. The van der Waals surface area contributed by atoms with Gasteiger partial charge in [-0.2, -0.15) is 0 Å². The topological polar surface area (TPSA) is 47.0 Å². The molecule has 0 spiro atoms. The van der Waals surface area contributed by atoms with Gasteiger partial charge >= 0.3 is 0 Å². The normalized spacial score (nSPS) is 11.2. The van der Waals surface area contributed by atoms with Gasteiger partial charge in [-0.3, -0.25) is 0 Å². The highest BCUT2D eigenvalue weighted by Gasteiger charge is 2.10. The number of fused-ring (bicyclic) bond motifs is 2. The molecule has 0 unspecified atom stereocenters. The lowest BCUT2D eigenvalue weighted by molar-refractivity contribution is 0.415. The highest BCUT2D eigenvalue weighted by atomic mass is 35.5. The molecule has 110 valence electrons. The lowest BCUT2D eigenvalue weighted by atomic mass is 10.3. The Morgan fingerprint density at radius 1 is 1.05 bits per heavy atom. The molecule has 0 aliphatic rings. The lowest BCUT2D eigenvalue weighted by Gasteiger charge is -1.96. The third-order valence-corrected chi connectivity index (χ3v) is 5.37. The molecular formula is C15H10ClN3OS2. The van der Waals surface area contributed by atoms with Crippen LogP contribution in [0.5, 0.6) is 5.75 Å². The predicted molar refractivity (Wildman–Crippen MR) is 94.1 cm³/mol. The first kappa shape index (κ1) is 13.8. The monoisotopic (exact) mass is 347 g/mol. The van der Waals surface area contributed by atoms with Gasteiger partial charge in [0, 0.05) is 6.07 Å². The molecule has 0 saturated heterocycles. The minimum atomic E-state index is 0.663. The molecule has 2 aromatic carbocycles. The van der Waals surface area contributed by atoms with Crippen molar-refractivity contribution in [2.75, 3.05) is 12.4 Å². The summed E-state index contributed by atoms with van der Waals surface area (Å²) in [4.78, 5) is 9.10. The van der Waals surface area contributed by atoms with Crippen molar-refractivity contribution >= 4 is 65.0 Å². The molecule has 0 atom stereocenters. The van der Waals surface area contributed by atoms with Crippen molar-refractivity contribution in [3.05, 3.63) is 41.4 Å². The van der Waals surface area contributed by atoms with Crippen molar-refractivity contribution in [1.29, 1.82) is 0 Å². The molecule has 1 N–H and O–H groups in total. The number of rotatable bonds is 3. The molecule has 0 radical (unpaired) electrons. The Kier molecular flexibility index (Phi) is 3.37. The number of halogens is 1. The molecule has 4 rings (SSSR count). The average molecular weight is 348 g/mol. The van der Waals surface area contributed by atoms with E-state index in [1.54, 1.807) is 29.8 Å². The fourth-order valence-corrected chi connectivity index (χ4v) is 4.22. The third kappa shape index (κ3) is 2.39. The second-order valence-corrected chi connectivity index (χ2v) is 7.05. The molecule has 2 aromatic heterocycles. The molecule has 0 amide bonds. The van der Waals surface area contributed by atoms with Crippen LogP contribution in [0, 0.1) is 0 Å². The molecule has 0 aliphatic carbocycles. The van der Waals surface area contributed by atoms with Gasteiger partial charge in [0.1, 0.15) is 11.3 Å². The van der Waals surface area contributed by atoms with Crippen LogP contribution in [0.4, 0.5) is 10.3 Å². The summed E-state index contributed by atoms with van der Waals surface area (Å²) in [6.07, 6.45) is 0. The van der Waals surface area contributed by atoms with Crippen LogP contribution in [0.2, 0.25) is 5.02 Å². The lowest BCUT2D eigenvalue weighted by Crippen LogP contribution is -1.87. The van der Waals surface area contributed by atoms with Crippen LogP contribution in [0.15, 0.2) is 36.4 Å². The number of benzene rings is 2. The zero-order valence-corrected chi connectivity index (χ0v) is 13.9. The van der Waals surface area contributed by atoms with E-state index in [4.69, 9.17) is 16.3 Å². The number of ether oxygens (including phenoxy) is 1. The van der Waals surface area contributed by atoms with E-state index in [1.165, 1.54) is 0 Å². The zero-order valence-electron chi connectivity index (χ0n) is 11.5. The molecule has 0 aliphatic heterocycles. The summed E-state index contributed by atoms with van der Waals surface area (Å²) in [5.41, 5.74) is 1.73. The van der Waals surface area contributed by atoms with Gasteiger partial charge in [0.05, 0.1) is 27.0 Å². The van der Waals surface area contributed by atoms with Gasteiger partial charge in [-0.05, 0) is 24.3 Å². The Morgan fingerprint density at radius 3 is 2.68 bits per heavy atom. The van der Waals surface area contributed by atoms with Gasteiger partial charge in [0.25, 0.3) is 0 Å². The molecule has 0 fully saturated rings. The molecule has 0 bridgehead atoms. The summed E-state index contributed by atoms with van der Waals surface area (Å²) in [5, 5.41) is 5.52. The minimum Gasteiger partial charge on any atom is -0.497 e. The van der Waals surface area contributed by atoms with Crippen molar-refractivity contribution in [2.45, 2.75) is 0 Å². The number of thiazole rings is 2. The Bertz CT molecular complexity index is 979. The summed E-state index contributed by atoms with van der Waals surface area (Å²) < 4.78 is 7.38. The first-order valence-corrected chi connectivity index (χ1v) is 8.51. The van der Waals surface area contributed by atoms with E-state index in [2.05, 4.69) is 15.3 Å². The summed E-state index contributed by atoms with van der Waals surface area (Å²) >= 11 is 9.30. The van der Waals surface area contributed by atoms with Crippen LogP contribution in [0.1, 0.15) is 0 Å². The number of anilines is 2. The first-order valence-electron chi connectivity index (χ1n) is 6.49. The smallest absolute Gasteiger partial charge is 0.190 e. The molecule has 2 heterocycles. The van der Waals surface area contributed by atoms with E-state index in [1.807, 2.05) is 36.4 Å². The Hall–Kier alpha value is -1.89. The number of para-hydroxylation sites is 1. The number of hydrogen-bond acceptors (Lipinski definition) is 6. The molecule has 4 nitrogen and oxygen atoms in total. The van der Waals surface area contributed by atoms with E-state index in [9.17, 15) is 0 Å². The van der Waals surface area contributed by atoms with Crippen LogP contribution < -0.4 is 10.1 Å². The van der Waals surface area contributed by atoms with Crippen LogP contribution in [-0.2, 0) is 0 Å². The van der Waals surface area contributed by atoms with Crippen molar-refractivity contribution in [3.63, 3.8) is 0 Å². The fourth-order valence-electron chi connectivity index (χ4n) is 2.15. The summed E-state index contributed by atoms with van der Waals surface area (Å²) in [6, 6.07) is 11.6.